The summed E-state index contributed by atoms with van der Waals surface area (Å²) in [6, 6.07) is 3.39. The van der Waals surface area contributed by atoms with E-state index < -0.39 is 23.4 Å². The minimum atomic E-state index is -4.42. The third-order valence-corrected chi connectivity index (χ3v) is 2.94. The monoisotopic (exact) mass is 383 g/mol. The van der Waals surface area contributed by atoms with Crippen molar-refractivity contribution in [3.63, 3.8) is 0 Å². The van der Waals surface area contributed by atoms with Crippen LogP contribution in [0.4, 0.5) is 18.0 Å². The number of alkyl carbamates (subject to hydrolysis) is 1. The first-order valence-electron chi connectivity index (χ1n) is 6.45. The van der Waals surface area contributed by atoms with Gasteiger partial charge in [0.1, 0.15) is 18.0 Å². The average Bonchev–Trinajstić information content (AvgIpc) is 2.31. The van der Waals surface area contributed by atoms with Crippen LogP contribution >= 0.6 is 15.9 Å². The van der Waals surface area contributed by atoms with E-state index >= 15 is 0 Å². The summed E-state index contributed by atoms with van der Waals surface area (Å²) >= 11 is 2.86. The van der Waals surface area contributed by atoms with E-state index in [0.717, 1.165) is 6.07 Å². The van der Waals surface area contributed by atoms with Crippen LogP contribution in [0.2, 0.25) is 0 Å². The summed E-state index contributed by atoms with van der Waals surface area (Å²) < 4.78 is 47.9. The van der Waals surface area contributed by atoms with Gasteiger partial charge in [-0.2, -0.15) is 13.2 Å². The molecule has 1 aromatic carbocycles. The predicted molar refractivity (Wildman–Crippen MR) is 78.9 cm³/mol. The second-order valence-corrected chi connectivity index (χ2v) is 6.27. The van der Waals surface area contributed by atoms with E-state index in [9.17, 15) is 18.0 Å². The Morgan fingerprint density at radius 3 is 2.41 bits per heavy atom. The fourth-order valence-electron chi connectivity index (χ4n) is 1.45. The first-order valence-corrected chi connectivity index (χ1v) is 7.25. The maximum Gasteiger partial charge on any atom is 0.417 e. The molecule has 0 saturated carbocycles. The van der Waals surface area contributed by atoms with E-state index in [2.05, 4.69) is 21.2 Å². The van der Waals surface area contributed by atoms with Gasteiger partial charge >= 0.3 is 12.3 Å². The van der Waals surface area contributed by atoms with Crippen molar-refractivity contribution in [2.45, 2.75) is 32.5 Å². The standard InChI is InChI=1S/C14H17BrF3NO3/c1-13(2,3)22-12(20)19-6-7-21-9-4-5-10(11(15)8-9)14(16,17)18/h4-5,8H,6-7H2,1-3H3,(H,19,20). The van der Waals surface area contributed by atoms with Crippen LogP contribution in [-0.2, 0) is 10.9 Å². The van der Waals surface area contributed by atoms with Gasteiger partial charge in [0.05, 0.1) is 12.1 Å². The number of halogens is 4. The third kappa shape index (κ3) is 6.55. The molecule has 0 heterocycles. The molecule has 4 nitrogen and oxygen atoms in total. The quantitative estimate of drug-likeness (QED) is 0.785. The lowest BCUT2D eigenvalue weighted by atomic mass is 10.2. The van der Waals surface area contributed by atoms with Gasteiger partial charge in [-0.05, 0) is 39.0 Å². The molecule has 1 rings (SSSR count). The maximum atomic E-state index is 12.6. The number of alkyl halides is 3. The number of rotatable bonds is 4. The van der Waals surface area contributed by atoms with Gasteiger partial charge in [0.2, 0.25) is 0 Å². The van der Waals surface area contributed by atoms with Crippen LogP contribution in [0.15, 0.2) is 22.7 Å². The maximum absolute atomic E-state index is 12.6. The third-order valence-electron chi connectivity index (χ3n) is 2.28. The van der Waals surface area contributed by atoms with Gasteiger partial charge in [-0.1, -0.05) is 15.9 Å². The van der Waals surface area contributed by atoms with E-state index in [1.54, 1.807) is 20.8 Å². The van der Waals surface area contributed by atoms with Crippen LogP contribution in [0, 0.1) is 0 Å². The molecule has 22 heavy (non-hydrogen) atoms. The SMILES string of the molecule is CC(C)(C)OC(=O)NCCOc1ccc(C(F)(F)F)c(Br)c1. The van der Waals surface area contributed by atoms with E-state index in [1.165, 1.54) is 12.1 Å². The Hall–Kier alpha value is -1.44. The zero-order valence-electron chi connectivity index (χ0n) is 12.4. The van der Waals surface area contributed by atoms with Gasteiger partial charge < -0.3 is 14.8 Å². The number of ether oxygens (including phenoxy) is 2. The lowest BCUT2D eigenvalue weighted by Gasteiger charge is -2.19. The fraction of sp³-hybridized carbons (Fsp3) is 0.500. The zero-order valence-corrected chi connectivity index (χ0v) is 14.0. The first-order chi connectivity index (χ1) is 9.99. The first kappa shape index (κ1) is 18.6. The Kier molecular flexibility index (Phi) is 6.10. The smallest absolute Gasteiger partial charge is 0.417 e. The molecule has 8 heteroatoms. The van der Waals surface area contributed by atoms with E-state index in [-0.39, 0.29) is 23.4 Å². The van der Waals surface area contributed by atoms with Crippen molar-refractivity contribution in [1.82, 2.24) is 5.32 Å². The zero-order chi connectivity index (χ0) is 17.0. The Morgan fingerprint density at radius 2 is 1.91 bits per heavy atom. The summed E-state index contributed by atoms with van der Waals surface area (Å²) in [6.07, 6.45) is -5.00. The number of hydrogen-bond donors (Lipinski definition) is 1. The lowest BCUT2D eigenvalue weighted by Crippen LogP contribution is -2.34. The van der Waals surface area contributed by atoms with Crippen molar-refractivity contribution in [3.8, 4) is 5.75 Å². The van der Waals surface area contributed by atoms with Gasteiger partial charge in [-0.15, -0.1) is 0 Å². The molecule has 0 bridgehead atoms. The number of carbonyl (C=O) groups is 1. The molecule has 1 aromatic rings. The summed E-state index contributed by atoms with van der Waals surface area (Å²) in [5, 5.41) is 2.48. The molecule has 1 N–H and O–H groups in total. The van der Waals surface area contributed by atoms with Gasteiger partial charge in [-0.3, -0.25) is 0 Å². The molecule has 0 saturated heterocycles. The number of hydrogen-bond acceptors (Lipinski definition) is 3. The molecule has 0 radical (unpaired) electrons. The minimum absolute atomic E-state index is 0.0994. The highest BCUT2D eigenvalue weighted by Gasteiger charge is 2.32. The van der Waals surface area contributed by atoms with Crippen molar-refractivity contribution in [2.24, 2.45) is 0 Å². The highest BCUT2D eigenvalue weighted by atomic mass is 79.9. The van der Waals surface area contributed by atoms with Crippen molar-refractivity contribution < 1.29 is 27.4 Å². The summed E-state index contributed by atoms with van der Waals surface area (Å²) in [4.78, 5) is 11.4. The molecule has 1 amide bonds. The molecule has 0 aliphatic carbocycles. The van der Waals surface area contributed by atoms with Crippen LogP contribution in [0.5, 0.6) is 5.75 Å². The lowest BCUT2D eigenvalue weighted by molar-refractivity contribution is -0.138. The number of nitrogens with one attached hydrogen (secondary N) is 1. The normalized spacial score (nSPS) is 12.0. The van der Waals surface area contributed by atoms with Crippen molar-refractivity contribution in [1.29, 1.82) is 0 Å². The van der Waals surface area contributed by atoms with Crippen molar-refractivity contribution >= 4 is 22.0 Å². The van der Waals surface area contributed by atoms with Crippen LogP contribution in [-0.4, -0.2) is 24.8 Å². The predicted octanol–water partition coefficient (Wildman–Crippen LogP) is 4.37. The van der Waals surface area contributed by atoms with Crippen molar-refractivity contribution in [2.75, 3.05) is 13.2 Å². The number of carbonyl (C=O) groups excluding carboxylic acids is 1. The topological polar surface area (TPSA) is 47.6 Å². The molecule has 0 atom stereocenters. The summed E-state index contributed by atoms with van der Waals surface area (Å²) in [5.74, 6) is 0.269. The average molecular weight is 384 g/mol. The summed E-state index contributed by atoms with van der Waals surface area (Å²) in [5.41, 5.74) is -1.37. The Morgan fingerprint density at radius 1 is 1.27 bits per heavy atom. The van der Waals surface area contributed by atoms with Crippen LogP contribution in [0.3, 0.4) is 0 Å². The molecule has 0 fully saturated rings. The van der Waals surface area contributed by atoms with E-state index in [1.807, 2.05) is 0 Å². The largest absolute Gasteiger partial charge is 0.492 e. The van der Waals surface area contributed by atoms with Gasteiger partial charge in [0.15, 0.2) is 0 Å². The Balaban J connectivity index is 2.43. The number of benzene rings is 1. The van der Waals surface area contributed by atoms with Gasteiger partial charge in [0, 0.05) is 4.47 Å². The second kappa shape index (κ2) is 7.21. The van der Waals surface area contributed by atoms with Crippen LogP contribution in [0.1, 0.15) is 26.3 Å². The molecule has 0 unspecified atom stereocenters. The Labute approximate surface area is 135 Å². The molecular formula is C14H17BrF3NO3. The molecular weight excluding hydrogens is 367 g/mol. The molecule has 0 aliphatic rings. The van der Waals surface area contributed by atoms with E-state index in [0.29, 0.717) is 0 Å². The van der Waals surface area contributed by atoms with Crippen molar-refractivity contribution in [3.05, 3.63) is 28.2 Å². The summed E-state index contributed by atoms with van der Waals surface area (Å²) in [6.45, 7) is 5.50. The highest BCUT2D eigenvalue weighted by Crippen LogP contribution is 2.36. The van der Waals surface area contributed by atoms with Crippen LogP contribution < -0.4 is 10.1 Å². The minimum Gasteiger partial charge on any atom is -0.492 e. The molecule has 0 aromatic heterocycles. The molecule has 0 spiro atoms. The van der Waals surface area contributed by atoms with E-state index in [4.69, 9.17) is 9.47 Å². The number of amides is 1. The van der Waals surface area contributed by atoms with Crippen LogP contribution in [0.25, 0.3) is 0 Å². The highest BCUT2D eigenvalue weighted by molar-refractivity contribution is 9.10. The summed E-state index contributed by atoms with van der Waals surface area (Å²) in [7, 11) is 0. The van der Waals surface area contributed by atoms with Gasteiger partial charge in [0.25, 0.3) is 0 Å². The molecule has 0 aliphatic heterocycles. The second-order valence-electron chi connectivity index (χ2n) is 5.42. The molecule has 124 valence electrons. The van der Waals surface area contributed by atoms with Gasteiger partial charge in [-0.25, -0.2) is 4.79 Å². The Bertz CT molecular complexity index is 527. The fourth-order valence-corrected chi connectivity index (χ4v) is 2.03.